The van der Waals surface area contributed by atoms with Crippen molar-refractivity contribution in [2.75, 3.05) is 0 Å². The number of carbonyl (C=O) groups excluding carboxylic acids is 1. The van der Waals surface area contributed by atoms with Crippen LogP contribution in [-0.2, 0) is 23.2 Å². The second-order valence-electron chi connectivity index (χ2n) is 9.89. The van der Waals surface area contributed by atoms with Crippen LogP contribution in [0.25, 0.3) is 23.1 Å². The highest BCUT2D eigenvalue weighted by molar-refractivity contribution is 7.80. The topological polar surface area (TPSA) is 50.2 Å². The Morgan fingerprint density at radius 1 is 1.00 bits per heavy atom. The van der Waals surface area contributed by atoms with Gasteiger partial charge in [0.2, 0.25) is 0 Å². The Hall–Kier alpha value is -2.92. The molecule has 0 aliphatic carbocycles. The number of nitrogens with zero attached hydrogens (tertiary/aromatic N) is 1. The molecule has 0 saturated heterocycles. The molecule has 5 heteroatoms. The molecule has 0 spiro atoms. The zero-order valence-corrected chi connectivity index (χ0v) is 22.8. The van der Waals surface area contributed by atoms with Gasteiger partial charge in [-0.3, -0.25) is 0 Å². The second kappa shape index (κ2) is 12.1. The van der Waals surface area contributed by atoms with E-state index in [1.165, 1.54) is 0 Å². The maximum Gasteiger partial charge on any atom is 0.120 e. The fourth-order valence-electron chi connectivity index (χ4n) is 4.54. The Labute approximate surface area is 229 Å². The third-order valence-electron chi connectivity index (χ3n) is 6.48. The SMILES string of the molecule is CC(C)(O)c1ccc(CCC=O)cc1CCC(S)c1cccc(C=Cc2ccc3ccc(Cl)cc3n2)c1. The molecule has 0 amide bonds. The lowest BCUT2D eigenvalue weighted by Crippen LogP contribution is -2.18. The van der Waals surface area contributed by atoms with Gasteiger partial charge < -0.3 is 9.90 Å². The summed E-state index contributed by atoms with van der Waals surface area (Å²) in [5.74, 6) is 0. The zero-order chi connectivity index (χ0) is 26.4. The van der Waals surface area contributed by atoms with E-state index >= 15 is 0 Å². The number of aryl methyl sites for hydroxylation is 2. The number of hydrogen-bond donors (Lipinski definition) is 2. The van der Waals surface area contributed by atoms with E-state index in [2.05, 4.69) is 30.3 Å². The average molecular weight is 530 g/mol. The van der Waals surface area contributed by atoms with Crippen LogP contribution in [0.5, 0.6) is 0 Å². The average Bonchev–Trinajstić information content (AvgIpc) is 2.88. The van der Waals surface area contributed by atoms with Gasteiger partial charge in [-0.15, -0.1) is 0 Å². The maximum atomic E-state index is 10.8. The van der Waals surface area contributed by atoms with Crippen molar-refractivity contribution in [2.45, 2.75) is 50.4 Å². The number of carbonyl (C=O) groups is 1. The van der Waals surface area contributed by atoms with Crippen molar-refractivity contribution in [3.63, 3.8) is 0 Å². The monoisotopic (exact) mass is 529 g/mol. The summed E-state index contributed by atoms with van der Waals surface area (Å²) >= 11 is 11.0. The van der Waals surface area contributed by atoms with Crippen molar-refractivity contribution < 1.29 is 9.90 Å². The third kappa shape index (κ3) is 7.32. The summed E-state index contributed by atoms with van der Waals surface area (Å²) < 4.78 is 0. The van der Waals surface area contributed by atoms with Crippen LogP contribution in [0.1, 0.15) is 65.5 Å². The summed E-state index contributed by atoms with van der Waals surface area (Å²) in [7, 11) is 0. The zero-order valence-electron chi connectivity index (χ0n) is 21.2. The van der Waals surface area contributed by atoms with Crippen molar-refractivity contribution in [3.05, 3.63) is 111 Å². The minimum atomic E-state index is -0.933. The van der Waals surface area contributed by atoms with Crippen molar-refractivity contribution in [1.82, 2.24) is 4.98 Å². The smallest absolute Gasteiger partial charge is 0.120 e. The van der Waals surface area contributed by atoms with Crippen LogP contribution in [0.2, 0.25) is 5.02 Å². The first-order valence-corrected chi connectivity index (χ1v) is 13.4. The fraction of sp³-hybridized carbons (Fsp3) is 0.250. The summed E-state index contributed by atoms with van der Waals surface area (Å²) in [6, 6.07) is 24.3. The summed E-state index contributed by atoms with van der Waals surface area (Å²) in [5.41, 5.74) is 6.18. The molecule has 0 saturated carbocycles. The van der Waals surface area contributed by atoms with Crippen LogP contribution in [-0.4, -0.2) is 16.4 Å². The van der Waals surface area contributed by atoms with E-state index in [9.17, 15) is 9.90 Å². The molecule has 0 aliphatic heterocycles. The van der Waals surface area contributed by atoms with Crippen LogP contribution in [0.15, 0.2) is 72.8 Å². The number of hydrogen-bond acceptors (Lipinski definition) is 4. The first kappa shape index (κ1) is 27.1. The summed E-state index contributed by atoms with van der Waals surface area (Å²) in [5, 5.41) is 12.5. The Balaban J connectivity index is 1.48. The third-order valence-corrected chi connectivity index (χ3v) is 7.28. The van der Waals surface area contributed by atoms with Gasteiger partial charge in [0.1, 0.15) is 6.29 Å². The Bertz CT molecular complexity index is 1420. The van der Waals surface area contributed by atoms with E-state index < -0.39 is 5.60 Å². The van der Waals surface area contributed by atoms with Gasteiger partial charge in [-0.1, -0.05) is 72.3 Å². The lowest BCUT2D eigenvalue weighted by Gasteiger charge is -2.23. The number of fused-ring (bicyclic) bond motifs is 1. The molecule has 0 radical (unpaired) electrons. The van der Waals surface area contributed by atoms with E-state index in [0.29, 0.717) is 17.9 Å². The molecule has 0 fully saturated rings. The number of aliphatic hydroxyl groups is 1. The van der Waals surface area contributed by atoms with Crippen LogP contribution in [0.3, 0.4) is 0 Å². The molecular formula is C32H32ClNO2S. The molecule has 1 atom stereocenters. The summed E-state index contributed by atoms with van der Waals surface area (Å²) in [6.07, 6.45) is 7.83. The number of aromatic nitrogens is 1. The quantitative estimate of drug-likeness (QED) is 0.161. The highest BCUT2D eigenvalue weighted by Gasteiger charge is 2.21. The number of rotatable bonds is 10. The van der Waals surface area contributed by atoms with Crippen molar-refractivity contribution in [3.8, 4) is 0 Å². The number of thiol groups is 1. The Morgan fingerprint density at radius 3 is 2.59 bits per heavy atom. The van der Waals surface area contributed by atoms with E-state index in [1.54, 1.807) is 0 Å². The molecule has 1 N–H and O–H groups in total. The van der Waals surface area contributed by atoms with Gasteiger partial charge in [-0.05, 0) is 85.2 Å². The summed E-state index contributed by atoms with van der Waals surface area (Å²) in [6.45, 7) is 3.62. The molecule has 1 unspecified atom stereocenters. The normalized spacial score (nSPS) is 12.8. The lowest BCUT2D eigenvalue weighted by atomic mass is 9.88. The molecule has 190 valence electrons. The largest absolute Gasteiger partial charge is 0.386 e. The van der Waals surface area contributed by atoms with Gasteiger partial charge in [-0.2, -0.15) is 12.6 Å². The molecule has 3 nitrogen and oxygen atoms in total. The molecule has 1 heterocycles. The predicted octanol–water partition coefficient (Wildman–Crippen LogP) is 8.02. The van der Waals surface area contributed by atoms with Crippen LogP contribution in [0, 0.1) is 0 Å². The number of pyridine rings is 1. The molecule has 4 aromatic rings. The molecule has 0 bridgehead atoms. The lowest BCUT2D eigenvalue weighted by molar-refractivity contribution is -0.107. The van der Waals surface area contributed by atoms with Gasteiger partial charge in [0.15, 0.2) is 0 Å². The minimum absolute atomic E-state index is 0.0440. The van der Waals surface area contributed by atoms with Crippen molar-refractivity contribution >= 4 is 53.6 Å². The molecular weight excluding hydrogens is 498 g/mol. The molecule has 3 aromatic carbocycles. The first-order valence-electron chi connectivity index (χ1n) is 12.5. The Morgan fingerprint density at radius 2 is 1.81 bits per heavy atom. The van der Waals surface area contributed by atoms with Crippen LogP contribution in [0.4, 0.5) is 0 Å². The minimum Gasteiger partial charge on any atom is -0.386 e. The maximum absolute atomic E-state index is 10.8. The molecule has 37 heavy (non-hydrogen) atoms. The van der Waals surface area contributed by atoms with Gasteiger partial charge in [0, 0.05) is 22.1 Å². The van der Waals surface area contributed by atoms with Gasteiger partial charge in [0.05, 0.1) is 16.8 Å². The highest BCUT2D eigenvalue weighted by atomic mass is 35.5. The molecule has 4 rings (SSSR count). The van der Waals surface area contributed by atoms with Gasteiger partial charge in [-0.25, -0.2) is 4.98 Å². The number of halogens is 1. The molecule has 0 aliphatic rings. The number of benzene rings is 3. The fourth-order valence-corrected chi connectivity index (χ4v) is 5.00. The molecule has 1 aromatic heterocycles. The predicted molar refractivity (Wildman–Crippen MR) is 158 cm³/mol. The Kier molecular flexibility index (Phi) is 8.86. The second-order valence-corrected chi connectivity index (χ2v) is 10.9. The first-order chi connectivity index (χ1) is 17.7. The van der Waals surface area contributed by atoms with Crippen LogP contribution >= 0.6 is 24.2 Å². The van der Waals surface area contributed by atoms with Gasteiger partial charge in [0.25, 0.3) is 0 Å². The summed E-state index contributed by atoms with van der Waals surface area (Å²) in [4.78, 5) is 15.5. The van der Waals surface area contributed by atoms with E-state index in [4.69, 9.17) is 29.2 Å². The standard InChI is InChI=1S/C32H32ClNO2S/c1-32(2,36)29-16-9-23(6-4-18-35)19-25(29)12-17-31(37)26-7-3-5-22(20-26)8-14-28-15-11-24-10-13-27(33)21-30(24)34-28/h3,5,7-11,13-16,18-21,31,36-37H,4,6,12,17H2,1-2H3. The van der Waals surface area contributed by atoms with E-state index in [-0.39, 0.29) is 5.25 Å². The number of aldehydes is 1. The van der Waals surface area contributed by atoms with Crippen molar-refractivity contribution in [2.24, 2.45) is 0 Å². The highest BCUT2D eigenvalue weighted by Crippen LogP contribution is 2.31. The van der Waals surface area contributed by atoms with E-state index in [0.717, 1.165) is 63.5 Å². The van der Waals surface area contributed by atoms with E-state index in [1.807, 2.05) is 68.5 Å². The van der Waals surface area contributed by atoms with Crippen molar-refractivity contribution in [1.29, 1.82) is 0 Å². The van der Waals surface area contributed by atoms with Crippen LogP contribution < -0.4 is 0 Å². The van der Waals surface area contributed by atoms with Gasteiger partial charge >= 0.3 is 0 Å².